The number of rotatable bonds is 4. The summed E-state index contributed by atoms with van der Waals surface area (Å²) in [7, 11) is 0. The summed E-state index contributed by atoms with van der Waals surface area (Å²) in [6, 6.07) is 15.0. The molecule has 4 nitrogen and oxygen atoms in total. The molecule has 0 radical (unpaired) electrons. The molecule has 0 atom stereocenters. The van der Waals surface area contributed by atoms with Crippen molar-refractivity contribution in [3.8, 4) is 11.1 Å². The van der Waals surface area contributed by atoms with E-state index in [9.17, 15) is 18.0 Å². The second-order valence-corrected chi connectivity index (χ2v) is 5.57. The maximum Gasteiger partial charge on any atom is 0.416 e. The first kappa shape index (κ1) is 17.5. The molecule has 3 N–H and O–H groups in total. The smallest absolute Gasteiger partial charge is 0.366 e. The molecule has 1 aromatic heterocycles. The minimum atomic E-state index is -4.37. The highest BCUT2D eigenvalue weighted by molar-refractivity contribution is 5.94. The first-order valence-corrected chi connectivity index (χ1v) is 7.63. The fourth-order valence-electron chi connectivity index (χ4n) is 2.42. The van der Waals surface area contributed by atoms with Crippen molar-refractivity contribution >= 4 is 17.4 Å². The molecule has 1 heterocycles. The summed E-state index contributed by atoms with van der Waals surface area (Å²) in [5.74, 6) is -0.0595. The van der Waals surface area contributed by atoms with E-state index in [4.69, 9.17) is 5.73 Å². The molecular weight excluding hydrogens is 343 g/mol. The lowest BCUT2D eigenvalue weighted by atomic mass is 10.0. The Labute approximate surface area is 147 Å². The Kier molecular flexibility index (Phi) is 4.62. The number of nitrogens with one attached hydrogen (secondary N) is 1. The van der Waals surface area contributed by atoms with Gasteiger partial charge in [0.2, 0.25) is 5.91 Å². The van der Waals surface area contributed by atoms with Crippen LogP contribution in [0.4, 0.5) is 24.7 Å². The Balaban J connectivity index is 1.84. The van der Waals surface area contributed by atoms with Gasteiger partial charge in [-0.2, -0.15) is 13.2 Å². The zero-order valence-corrected chi connectivity index (χ0v) is 13.4. The number of alkyl halides is 3. The Morgan fingerprint density at radius 1 is 0.962 bits per heavy atom. The molecule has 3 rings (SSSR count). The van der Waals surface area contributed by atoms with Crippen LogP contribution in [-0.2, 0) is 6.18 Å². The van der Waals surface area contributed by atoms with Crippen molar-refractivity contribution in [1.29, 1.82) is 0 Å². The number of hydrogen-bond acceptors (Lipinski definition) is 3. The summed E-state index contributed by atoms with van der Waals surface area (Å²) in [6.07, 6.45) is -2.80. The van der Waals surface area contributed by atoms with Gasteiger partial charge in [-0.15, -0.1) is 0 Å². The first-order valence-electron chi connectivity index (χ1n) is 7.63. The summed E-state index contributed by atoms with van der Waals surface area (Å²) < 4.78 is 37.8. The lowest BCUT2D eigenvalue weighted by Crippen LogP contribution is -2.10. The van der Waals surface area contributed by atoms with Crippen molar-refractivity contribution in [3.05, 3.63) is 78.0 Å². The van der Waals surface area contributed by atoms with Crippen molar-refractivity contribution in [1.82, 2.24) is 4.98 Å². The highest BCUT2D eigenvalue weighted by atomic mass is 19.4. The van der Waals surface area contributed by atoms with E-state index >= 15 is 0 Å². The Morgan fingerprint density at radius 2 is 1.65 bits per heavy atom. The van der Waals surface area contributed by atoms with Gasteiger partial charge >= 0.3 is 6.18 Å². The topological polar surface area (TPSA) is 68.0 Å². The molecular formula is C19H14F3N3O. The molecule has 132 valence electrons. The van der Waals surface area contributed by atoms with Crippen LogP contribution < -0.4 is 11.1 Å². The number of pyridine rings is 1. The quantitative estimate of drug-likeness (QED) is 0.716. The molecule has 0 aliphatic carbocycles. The standard InChI is InChI=1S/C19H14F3N3O/c20-19(21,22)15-4-6-16(7-5-15)25-17-11-13(8-9-24-17)12-2-1-3-14(10-12)18(23)26/h1-11H,(H2,23,26)(H,24,25). The normalized spacial score (nSPS) is 11.2. The van der Waals surface area contributed by atoms with Gasteiger partial charge in [-0.25, -0.2) is 4.98 Å². The number of amides is 1. The van der Waals surface area contributed by atoms with Crippen LogP contribution in [0.25, 0.3) is 11.1 Å². The molecule has 0 fully saturated rings. The van der Waals surface area contributed by atoms with Crippen LogP contribution in [0.2, 0.25) is 0 Å². The van der Waals surface area contributed by atoms with Gasteiger partial charge in [-0.1, -0.05) is 12.1 Å². The number of primary amides is 1. The SMILES string of the molecule is NC(=O)c1cccc(-c2ccnc(Nc3ccc(C(F)(F)F)cc3)c2)c1. The maximum atomic E-state index is 12.6. The number of carbonyl (C=O) groups is 1. The Morgan fingerprint density at radius 3 is 2.31 bits per heavy atom. The van der Waals surface area contributed by atoms with Gasteiger partial charge in [-0.05, 0) is 59.7 Å². The third-order valence-corrected chi connectivity index (χ3v) is 3.72. The average molecular weight is 357 g/mol. The van der Waals surface area contributed by atoms with E-state index in [1.807, 2.05) is 6.07 Å². The minimum Gasteiger partial charge on any atom is -0.366 e. The van der Waals surface area contributed by atoms with Crippen LogP contribution in [0.1, 0.15) is 15.9 Å². The van der Waals surface area contributed by atoms with Crippen LogP contribution in [0.15, 0.2) is 66.9 Å². The molecule has 26 heavy (non-hydrogen) atoms. The fraction of sp³-hybridized carbons (Fsp3) is 0.0526. The zero-order chi connectivity index (χ0) is 18.7. The molecule has 3 aromatic rings. The van der Waals surface area contributed by atoms with E-state index in [2.05, 4.69) is 10.3 Å². The number of aromatic nitrogens is 1. The molecule has 1 amide bonds. The summed E-state index contributed by atoms with van der Waals surface area (Å²) in [5.41, 5.74) is 7.01. The van der Waals surface area contributed by atoms with Crippen LogP contribution in [0.3, 0.4) is 0 Å². The maximum absolute atomic E-state index is 12.6. The predicted molar refractivity (Wildman–Crippen MR) is 92.9 cm³/mol. The molecule has 7 heteroatoms. The van der Waals surface area contributed by atoms with E-state index in [1.165, 1.54) is 12.1 Å². The van der Waals surface area contributed by atoms with Crippen molar-refractivity contribution < 1.29 is 18.0 Å². The van der Waals surface area contributed by atoms with E-state index < -0.39 is 17.6 Å². The number of nitrogens with two attached hydrogens (primary N) is 1. The summed E-state index contributed by atoms with van der Waals surface area (Å²) in [4.78, 5) is 15.5. The number of nitrogens with zero attached hydrogens (tertiary/aromatic N) is 1. The van der Waals surface area contributed by atoms with Crippen molar-refractivity contribution in [2.24, 2.45) is 5.73 Å². The summed E-state index contributed by atoms with van der Waals surface area (Å²) >= 11 is 0. The van der Waals surface area contributed by atoms with Gasteiger partial charge in [-0.3, -0.25) is 4.79 Å². The van der Waals surface area contributed by atoms with Gasteiger partial charge < -0.3 is 11.1 Å². The van der Waals surface area contributed by atoms with Crippen LogP contribution in [-0.4, -0.2) is 10.9 Å². The highest BCUT2D eigenvalue weighted by Gasteiger charge is 2.29. The van der Waals surface area contributed by atoms with Crippen molar-refractivity contribution in [2.75, 3.05) is 5.32 Å². The fourth-order valence-corrected chi connectivity index (χ4v) is 2.42. The molecule has 0 saturated carbocycles. The third kappa shape index (κ3) is 4.00. The van der Waals surface area contributed by atoms with Crippen LogP contribution >= 0.6 is 0 Å². The number of hydrogen-bond donors (Lipinski definition) is 2. The molecule has 0 spiro atoms. The lowest BCUT2D eigenvalue weighted by Gasteiger charge is -2.10. The van der Waals surface area contributed by atoms with Crippen molar-refractivity contribution in [2.45, 2.75) is 6.18 Å². The highest BCUT2D eigenvalue weighted by Crippen LogP contribution is 2.30. The van der Waals surface area contributed by atoms with Gasteiger partial charge in [0.05, 0.1) is 5.56 Å². The first-order chi connectivity index (χ1) is 12.3. The molecule has 0 aliphatic rings. The van der Waals surface area contributed by atoms with Crippen molar-refractivity contribution in [3.63, 3.8) is 0 Å². The molecule has 0 saturated heterocycles. The Hall–Kier alpha value is -3.35. The molecule has 0 bridgehead atoms. The van der Waals surface area contributed by atoms with Gasteiger partial charge in [0.1, 0.15) is 5.82 Å². The predicted octanol–water partition coefficient (Wildman–Crippen LogP) is 4.61. The lowest BCUT2D eigenvalue weighted by molar-refractivity contribution is -0.137. The molecule has 0 unspecified atom stereocenters. The number of benzene rings is 2. The van der Waals surface area contributed by atoms with Gasteiger partial charge in [0.25, 0.3) is 0 Å². The summed E-state index contributed by atoms with van der Waals surface area (Å²) in [6.45, 7) is 0. The minimum absolute atomic E-state index is 0.386. The third-order valence-electron chi connectivity index (χ3n) is 3.72. The monoisotopic (exact) mass is 357 g/mol. The molecule has 2 aromatic carbocycles. The van der Waals surface area contributed by atoms with Crippen LogP contribution in [0.5, 0.6) is 0 Å². The number of carbonyl (C=O) groups excluding carboxylic acids is 1. The van der Waals surface area contributed by atoms with E-state index in [0.29, 0.717) is 17.1 Å². The average Bonchev–Trinajstić information content (AvgIpc) is 2.62. The van der Waals surface area contributed by atoms with Gasteiger partial charge in [0.15, 0.2) is 0 Å². The molecule has 0 aliphatic heterocycles. The Bertz CT molecular complexity index is 937. The number of anilines is 2. The second-order valence-electron chi connectivity index (χ2n) is 5.57. The zero-order valence-electron chi connectivity index (χ0n) is 13.4. The van der Waals surface area contributed by atoms with Crippen LogP contribution in [0, 0.1) is 0 Å². The van der Waals surface area contributed by atoms with E-state index in [-0.39, 0.29) is 0 Å². The summed E-state index contributed by atoms with van der Waals surface area (Å²) in [5, 5.41) is 2.96. The second kappa shape index (κ2) is 6.87. The van der Waals surface area contributed by atoms with E-state index in [1.54, 1.807) is 36.5 Å². The largest absolute Gasteiger partial charge is 0.416 e. The van der Waals surface area contributed by atoms with E-state index in [0.717, 1.165) is 23.3 Å². The number of halogens is 3. The van der Waals surface area contributed by atoms with Gasteiger partial charge in [0, 0.05) is 17.4 Å².